The van der Waals surface area contributed by atoms with Gasteiger partial charge in [-0.25, -0.2) is 9.78 Å². The Labute approximate surface area is 194 Å². The molecule has 8 nitrogen and oxygen atoms in total. The van der Waals surface area contributed by atoms with Gasteiger partial charge in [0.05, 0.1) is 31.3 Å². The van der Waals surface area contributed by atoms with Crippen molar-refractivity contribution in [2.24, 2.45) is 5.10 Å². The largest absolute Gasteiger partial charge is 0.493 e. The highest BCUT2D eigenvalue weighted by molar-refractivity contribution is 9.10. The fourth-order valence-electron chi connectivity index (χ4n) is 3.08. The first-order valence-electron chi connectivity index (χ1n) is 9.94. The zero-order valence-corrected chi connectivity index (χ0v) is 20.0. The van der Waals surface area contributed by atoms with Gasteiger partial charge in [-0.15, -0.1) is 0 Å². The van der Waals surface area contributed by atoms with Crippen molar-refractivity contribution in [2.45, 2.75) is 32.8 Å². The van der Waals surface area contributed by atoms with E-state index in [0.29, 0.717) is 33.8 Å². The van der Waals surface area contributed by atoms with Crippen LogP contribution in [0.3, 0.4) is 0 Å². The normalized spacial score (nSPS) is 12.3. The van der Waals surface area contributed by atoms with E-state index in [1.54, 1.807) is 37.3 Å². The van der Waals surface area contributed by atoms with Gasteiger partial charge in [-0.3, -0.25) is 4.79 Å². The molecule has 1 heterocycles. The van der Waals surface area contributed by atoms with E-state index in [9.17, 15) is 9.59 Å². The molecule has 168 valence electrons. The maximum atomic E-state index is 13.2. The molecule has 0 fully saturated rings. The van der Waals surface area contributed by atoms with Crippen molar-refractivity contribution >= 4 is 39.0 Å². The number of ether oxygens (including phenoxy) is 3. The minimum Gasteiger partial charge on any atom is -0.493 e. The maximum absolute atomic E-state index is 13.2. The molecular formula is C23H24BrN3O5. The zero-order chi connectivity index (χ0) is 23.4. The van der Waals surface area contributed by atoms with Crippen LogP contribution in [-0.2, 0) is 9.53 Å². The number of benzene rings is 2. The summed E-state index contributed by atoms with van der Waals surface area (Å²) in [6.07, 6.45) is 0.623. The smallest absolute Gasteiger partial charge is 0.346 e. The van der Waals surface area contributed by atoms with Gasteiger partial charge in [-0.2, -0.15) is 9.78 Å². The Bertz CT molecular complexity index is 1240. The number of nitrogens with zero attached hydrogens (tertiary/aromatic N) is 3. The predicted octanol–water partition coefficient (Wildman–Crippen LogP) is 4.11. The van der Waals surface area contributed by atoms with Crippen LogP contribution in [0.25, 0.3) is 10.9 Å². The van der Waals surface area contributed by atoms with E-state index in [1.165, 1.54) is 25.1 Å². The number of carbonyl (C=O) groups excluding carboxylic acids is 1. The molecule has 1 atom stereocenters. The molecule has 0 spiro atoms. The highest BCUT2D eigenvalue weighted by Crippen LogP contribution is 2.31. The quantitative estimate of drug-likeness (QED) is 0.357. The third-order valence-corrected chi connectivity index (χ3v) is 5.21. The van der Waals surface area contributed by atoms with Crippen LogP contribution in [0.15, 0.2) is 50.8 Å². The van der Waals surface area contributed by atoms with Gasteiger partial charge < -0.3 is 14.2 Å². The third kappa shape index (κ3) is 4.83. The summed E-state index contributed by atoms with van der Waals surface area (Å²) >= 11 is 3.40. The molecule has 0 radical (unpaired) electrons. The lowest BCUT2D eigenvalue weighted by Crippen LogP contribution is -2.26. The van der Waals surface area contributed by atoms with Gasteiger partial charge in [-0.05, 0) is 37.3 Å². The summed E-state index contributed by atoms with van der Waals surface area (Å²) in [5.41, 5.74) is 0.839. The maximum Gasteiger partial charge on any atom is 0.346 e. The minimum atomic E-state index is -0.864. The summed E-state index contributed by atoms with van der Waals surface area (Å²) in [5, 5.41) is 4.88. The fourth-order valence-corrected chi connectivity index (χ4v) is 3.44. The number of carbonyl (C=O) groups is 1. The van der Waals surface area contributed by atoms with Crippen LogP contribution in [0.2, 0.25) is 0 Å². The Morgan fingerprint density at radius 3 is 2.59 bits per heavy atom. The second-order valence-electron chi connectivity index (χ2n) is 7.31. The van der Waals surface area contributed by atoms with Crippen molar-refractivity contribution in [3.05, 3.63) is 62.6 Å². The van der Waals surface area contributed by atoms with E-state index in [4.69, 9.17) is 14.2 Å². The molecule has 0 aliphatic carbocycles. The van der Waals surface area contributed by atoms with Gasteiger partial charge in [0.1, 0.15) is 5.82 Å². The highest BCUT2D eigenvalue weighted by atomic mass is 79.9. The standard InChI is InChI=1S/C23H24BrN3O5/c1-13(2)21-26-18-10-9-16(24)11-17(18)22(28)27(21)25-12-15-7-6-8-19(30-4)20(15)32-14(3)23(29)31-5/h6-14H,1-5H3/t14-/m0/s1. The summed E-state index contributed by atoms with van der Waals surface area (Å²) < 4.78 is 18.0. The molecule has 0 aliphatic rings. The Kier molecular flexibility index (Phi) is 7.29. The number of para-hydroxylation sites is 1. The second-order valence-corrected chi connectivity index (χ2v) is 8.23. The molecule has 32 heavy (non-hydrogen) atoms. The number of aromatic nitrogens is 2. The van der Waals surface area contributed by atoms with Crippen LogP contribution in [0, 0.1) is 0 Å². The van der Waals surface area contributed by atoms with Crippen LogP contribution < -0.4 is 15.0 Å². The molecule has 0 bridgehead atoms. The SMILES string of the molecule is COC(=O)[C@H](C)Oc1c(C=Nn2c(C(C)C)nc3ccc(Br)cc3c2=O)cccc1OC. The first-order valence-corrected chi connectivity index (χ1v) is 10.7. The van der Waals surface area contributed by atoms with E-state index in [1.807, 2.05) is 19.9 Å². The van der Waals surface area contributed by atoms with Crippen LogP contribution in [0.4, 0.5) is 0 Å². The minimum absolute atomic E-state index is 0.0479. The zero-order valence-electron chi connectivity index (χ0n) is 18.5. The summed E-state index contributed by atoms with van der Waals surface area (Å²) in [5.74, 6) is 0.679. The first kappa shape index (κ1) is 23.5. The van der Waals surface area contributed by atoms with E-state index in [2.05, 4.69) is 26.0 Å². The molecule has 0 unspecified atom stereocenters. The molecule has 3 aromatic rings. The van der Waals surface area contributed by atoms with Crippen LogP contribution in [0.5, 0.6) is 11.5 Å². The molecule has 1 aromatic heterocycles. The lowest BCUT2D eigenvalue weighted by molar-refractivity contribution is -0.147. The number of rotatable bonds is 7. The number of hydrogen-bond acceptors (Lipinski definition) is 7. The van der Waals surface area contributed by atoms with Gasteiger partial charge in [-0.1, -0.05) is 35.8 Å². The van der Waals surface area contributed by atoms with Crippen LogP contribution >= 0.6 is 15.9 Å². The average molecular weight is 502 g/mol. The molecular weight excluding hydrogens is 478 g/mol. The van der Waals surface area contributed by atoms with E-state index >= 15 is 0 Å². The van der Waals surface area contributed by atoms with Crippen molar-refractivity contribution in [1.82, 2.24) is 9.66 Å². The van der Waals surface area contributed by atoms with Crippen LogP contribution in [0.1, 0.15) is 38.1 Å². The summed E-state index contributed by atoms with van der Waals surface area (Å²) in [6.45, 7) is 5.46. The monoisotopic (exact) mass is 501 g/mol. The van der Waals surface area contributed by atoms with Crippen LogP contribution in [-0.4, -0.2) is 42.2 Å². The molecule has 0 N–H and O–H groups in total. The molecule has 0 saturated heterocycles. The number of esters is 1. The van der Waals surface area contributed by atoms with E-state index in [-0.39, 0.29) is 11.5 Å². The Balaban J connectivity index is 2.13. The van der Waals surface area contributed by atoms with Crippen molar-refractivity contribution in [1.29, 1.82) is 0 Å². The number of fused-ring (bicyclic) bond motifs is 1. The lowest BCUT2D eigenvalue weighted by Gasteiger charge is -2.17. The number of halogens is 1. The van der Waals surface area contributed by atoms with Gasteiger partial charge in [0.2, 0.25) is 0 Å². The molecule has 0 aliphatic heterocycles. The van der Waals surface area contributed by atoms with Gasteiger partial charge in [0, 0.05) is 16.0 Å². The van der Waals surface area contributed by atoms with Crippen molar-refractivity contribution in [3.8, 4) is 11.5 Å². The fraction of sp³-hybridized carbons (Fsp3) is 0.304. The second kappa shape index (κ2) is 9.95. The molecule has 0 amide bonds. The average Bonchev–Trinajstić information content (AvgIpc) is 2.78. The van der Waals surface area contributed by atoms with Crippen molar-refractivity contribution in [2.75, 3.05) is 14.2 Å². The van der Waals surface area contributed by atoms with Gasteiger partial charge in [0.15, 0.2) is 17.6 Å². The summed E-state index contributed by atoms with van der Waals surface area (Å²) in [4.78, 5) is 29.7. The predicted molar refractivity (Wildman–Crippen MR) is 126 cm³/mol. The van der Waals surface area contributed by atoms with Gasteiger partial charge in [0.25, 0.3) is 5.56 Å². The Morgan fingerprint density at radius 1 is 1.19 bits per heavy atom. The van der Waals surface area contributed by atoms with E-state index in [0.717, 1.165) is 4.47 Å². The lowest BCUT2D eigenvalue weighted by atomic mass is 10.2. The summed E-state index contributed by atoms with van der Waals surface area (Å²) in [7, 11) is 2.79. The Morgan fingerprint density at radius 2 is 1.94 bits per heavy atom. The van der Waals surface area contributed by atoms with E-state index < -0.39 is 12.1 Å². The number of hydrogen-bond donors (Lipinski definition) is 0. The summed E-state index contributed by atoms with van der Waals surface area (Å²) in [6, 6.07) is 10.6. The van der Waals surface area contributed by atoms with Crippen molar-refractivity contribution < 1.29 is 19.0 Å². The van der Waals surface area contributed by atoms with Crippen molar-refractivity contribution in [3.63, 3.8) is 0 Å². The molecule has 9 heteroatoms. The highest BCUT2D eigenvalue weighted by Gasteiger charge is 2.20. The Hall–Kier alpha value is -3.20. The topological polar surface area (TPSA) is 92.0 Å². The number of methoxy groups -OCH3 is 2. The van der Waals surface area contributed by atoms with Gasteiger partial charge >= 0.3 is 5.97 Å². The molecule has 2 aromatic carbocycles. The first-order chi connectivity index (χ1) is 15.3. The third-order valence-electron chi connectivity index (χ3n) is 4.72. The molecule has 0 saturated carbocycles. The molecule has 3 rings (SSSR count).